The van der Waals surface area contributed by atoms with Crippen LogP contribution in [0.4, 0.5) is 10.5 Å². The van der Waals surface area contributed by atoms with Gasteiger partial charge in [0.2, 0.25) is 5.91 Å². The lowest BCUT2D eigenvalue weighted by molar-refractivity contribution is -0.118. The lowest BCUT2D eigenvalue weighted by Crippen LogP contribution is -2.46. The van der Waals surface area contributed by atoms with Gasteiger partial charge in [0.1, 0.15) is 11.6 Å². The number of ether oxygens (including phenoxy) is 1. The first kappa shape index (κ1) is 35.0. The van der Waals surface area contributed by atoms with Gasteiger partial charge in [0, 0.05) is 5.69 Å². The van der Waals surface area contributed by atoms with E-state index in [4.69, 9.17) is 13.8 Å². The zero-order valence-corrected chi connectivity index (χ0v) is 27.3. The molecule has 3 rings (SSSR count). The molecule has 2 N–H and O–H groups in total. The van der Waals surface area contributed by atoms with Gasteiger partial charge in [-0.05, 0) is 68.9 Å². The summed E-state index contributed by atoms with van der Waals surface area (Å²) in [4.78, 5) is 26.3. The van der Waals surface area contributed by atoms with Crippen molar-refractivity contribution in [1.82, 2.24) is 5.32 Å². The lowest BCUT2D eigenvalue weighted by Gasteiger charge is -2.25. The molecule has 0 saturated carbocycles. The minimum Gasteiger partial charge on any atom is -0.444 e. The molecule has 2 amide bonds. The molecular formula is C35H47N2O6P. The van der Waals surface area contributed by atoms with Crippen LogP contribution >= 0.6 is 7.60 Å². The van der Waals surface area contributed by atoms with Crippen LogP contribution in [0.3, 0.4) is 0 Å². The fourth-order valence-electron chi connectivity index (χ4n) is 4.46. The van der Waals surface area contributed by atoms with Crippen molar-refractivity contribution in [2.75, 3.05) is 11.5 Å². The highest BCUT2D eigenvalue weighted by molar-refractivity contribution is 7.53. The minimum atomic E-state index is -3.71. The molecule has 0 saturated heterocycles. The van der Waals surface area contributed by atoms with Crippen molar-refractivity contribution in [3.63, 3.8) is 0 Å². The van der Waals surface area contributed by atoms with E-state index in [0.29, 0.717) is 5.69 Å². The Kier molecular flexibility index (Phi) is 14.1. The van der Waals surface area contributed by atoms with Crippen molar-refractivity contribution in [2.24, 2.45) is 0 Å². The average molecular weight is 623 g/mol. The molecule has 0 bridgehead atoms. The predicted molar refractivity (Wildman–Crippen MR) is 176 cm³/mol. The molecule has 3 aromatic rings. The van der Waals surface area contributed by atoms with Gasteiger partial charge in [0.15, 0.2) is 0 Å². The van der Waals surface area contributed by atoms with Gasteiger partial charge in [-0.3, -0.25) is 9.36 Å². The molecule has 0 radical (unpaired) electrons. The molecule has 0 fully saturated rings. The van der Waals surface area contributed by atoms with Gasteiger partial charge in [0.25, 0.3) is 0 Å². The summed E-state index contributed by atoms with van der Waals surface area (Å²) < 4.78 is 31.3. The van der Waals surface area contributed by atoms with Crippen LogP contribution in [0.5, 0.6) is 0 Å². The van der Waals surface area contributed by atoms with Crippen molar-refractivity contribution >= 4 is 25.3 Å². The lowest BCUT2D eigenvalue weighted by atomic mass is 10.1. The van der Waals surface area contributed by atoms with E-state index in [9.17, 15) is 14.2 Å². The Balaban J connectivity index is 1.75. The molecule has 0 heterocycles. The molecule has 9 heteroatoms. The van der Waals surface area contributed by atoms with Crippen LogP contribution in [-0.4, -0.2) is 29.8 Å². The summed E-state index contributed by atoms with van der Waals surface area (Å²) >= 11 is 0. The summed E-state index contributed by atoms with van der Waals surface area (Å²) in [5.74, 6) is -0.448. The van der Waals surface area contributed by atoms with E-state index in [1.807, 2.05) is 84.9 Å². The summed E-state index contributed by atoms with van der Waals surface area (Å²) in [7, 11) is -3.71. The molecule has 3 aromatic carbocycles. The Morgan fingerprint density at radius 1 is 0.795 bits per heavy atom. The Labute approximate surface area is 262 Å². The third kappa shape index (κ3) is 13.5. The number of carbonyl (C=O) groups is 2. The third-order valence-corrected chi connectivity index (χ3v) is 8.60. The number of rotatable bonds is 17. The quantitative estimate of drug-likeness (QED) is 0.115. The molecule has 0 aromatic heterocycles. The highest BCUT2D eigenvalue weighted by Crippen LogP contribution is 2.50. The maximum absolute atomic E-state index is 14.0. The van der Waals surface area contributed by atoms with Crippen LogP contribution in [0.2, 0.25) is 0 Å². The van der Waals surface area contributed by atoms with Crippen molar-refractivity contribution in [1.29, 1.82) is 0 Å². The number of aryl methyl sites for hydroxylation is 1. The van der Waals surface area contributed by atoms with Crippen LogP contribution in [0.15, 0.2) is 84.9 Å². The van der Waals surface area contributed by atoms with E-state index in [-0.39, 0.29) is 25.8 Å². The topological polar surface area (TPSA) is 103 Å². The molecule has 0 unspecified atom stereocenters. The third-order valence-electron chi connectivity index (χ3n) is 6.75. The summed E-state index contributed by atoms with van der Waals surface area (Å²) in [5, 5.41) is 5.59. The second kappa shape index (κ2) is 17.7. The highest BCUT2D eigenvalue weighted by Gasteiger charge is 2.31. The van der Waals surface area contributed by atoms with Crippen LogP contribution in [0.1, 0.15) is 76.5 Å². The van der Waals surface area contributed by atoms with E-state index < -0.39 is 31.2 Å². The number of hydrogen-bond donors (Lipinski definition) is 2. The van der Waals surface area contributed by atoms with Gasteiger partial charge in [-0.15, -0.1) is 0 Å². The van der Waals surface area contributed by atoms with Gasteiger partial charge in [-0.1, -0.05) is 99.0 Å². The summed E-state index contributed by atoms with van der Waals surface area (Å²) in [6.07, 6.45) is 4.69. The normalized spacial score (nSPS) is 12.4. The van der Waals surface area contributed by atoms with Crippen LogP contribution in [0, 0.1) is 0 Å². The summed E-state index contributed by atoms with van der Waals surface area (Å²) in [5.41, 5.74) is 2.68. The number of hydrogen-bond acceptors (Lipinski definition) is 6. The van der Waals surface area contributed by atoms with Crippen LogP contribution in [0.25, 0.3) is 0 Å². The first-order valence-corrected chi connectivity index (χ1v) is 17.1. The Hall–Kier alpha value is -3.45. The molecule has 8 nitrogen and oxygen atoms in total. The van der Waals surface area contributed by atoms with Gasteiger partial charge in [-0.25, -0.2) is 4.79 Å². The van der Waals surface area contributed by atoms with Crippen LogP contribution in [-0.2, 0) is 42.8 Å². The number of unbranched alkanes of at least 4 members (excludes halogenated alkanes) is 3. The first-order chi connectivity index (χ1) is 21.0. The first-order valence-electron chi connectivity index (χ1n) is 15.4. The smallest absolute Gasteiger partial charge is 0.408 e. The summed E-state index contributed by atoms with van der Waals surface area (Å²) in [6.45, 7) is 7.58. The van der Waals surface area contributed by atoms with E-state index in [1.165, 1.54) is 12.8 Å². The standard InChI is InChI=1S/C35H47N2O6P/c1-5-6-7-10-16-28-21-15-22-31(25-28)36-33(38)32(37-34(39)43-35(2,3)4)23-24-44(40,41-26-29-17-11-8-12-18-29)42-27-30-19-13-9-14-20-30/h8-9,11-15,17-22,25,32H,5-7,10,16,23-24,26-27H2,1-4H3,(H,36,38)(H,37,39)/t32-/m0/s1. The van der Waals surface area contributed by atoms with Gasteiger partial charge >= 0.3 is 13.7 Å². The maximum Gasteiger partial charge on any atom is 0.408 e. The van der Waals surface area contributed by atoms with Crippen LogP contribution < -0.4 is 10.6 Å². The molecule has 0 spiro atoms. The Bertz CT molecular complexity index is 1300. The Morgan fingerprint density at radius 2 is 1.39 bits per heavy atom. The second-order valence-corrected chi connectivity index (χ2v) is 14.0. The van der Waals surface area contributed by atoms with Gasteiger partial charge in [0.05, 0.1) is 19.4 Å². The molecule has 0 aliphatic heterocycles. The fourth-order valence-corrected chi connectivity index (χ4v) is 6.06. The second-order valence-electron chi connectivity index (χ2n) is 11.8. The molecule has 0 aliphatic carbocycles. The predicted octanol–water partition coefficient (Wildman–Crippen LogP) is 8.66. The largest absolute Gasteiger partial charge is 0.444 e. The van der Waals surface area contributed by atoms with E-state index in [0.717, 1.165) is 36.0 Å². The molecule has 238 valence electrons. The monoisotopic (exact) mass is 622 g/mol. The van der Waals surface area contributed by atoms with Crippen molar-refractivity contribution in [3.05, 3.63) is 102 Å². The van der Waals surface area contributed by atoms with Crippen molar-refractivity contribution < 1.29 is 27.9 Å². The minimum absolute atomic E-state index is 0.00262. The maximum atomic E-state index is 14.0. The molecule has 0 aliphatic rings. The van der Waals surface area contributed by atoms with Gasteiger partial charge < -0.3 is 24.4 Å². The fraction of sp³-hybridized carbons (Fsp3) is 0.429. The average Bonchev–Trinajstić information content (AvgIpc) is 3.00. The number of amides is 2. The zero-order chi connectivity index (χ0) is 31.8. The van der Waals surface area contributed by atoms with Crippen molar-refractivity contribution in [2.45, 2.75) is 91.1 Å². The number of anilines is 1. The number of nitrogens with one attached hydrogen (secondary N) is 2. The summed E-state index contributed by atoms with van der Waals surface area (Å²) in [6, 6.07) is 25.4. The van der Waals surface area contributed by atoms with Gasteiger partial charge in [-0.2, -0.15) is 0 Å². The van der Waals surface area contributed by atoms with Crippen molar-refractivity contribution in [3.8, 4) is 0 Å². The number of benzene rings is 3. The number of carbonyl (C=O) groups excluding carboxylic acids is 2. The zero-order valence-electron chi connectivity index (χ0n) is 26.4. The molecular weight excluding hydrogens is 575 g/mol. The highest BCUT2D eigenvalue weighted by atomic mass is 31.2. The Morgan fingerprint density at radius 3 is 1.95 bits per heavy atom. The molecule has 44 heavy (non-hydrogen) atoms. The van der Waals surface area contributed by atoms with E-state index in [2.05, 4.69) is 17.6 Å². The molecule has 1 atom stereocenters. The van der Waals surface area contributed by atoms with E-state index >= 15 is 0 Å². The SMILES string of the molecule is CCCCCCc1cccc(NC(=O)[C@H](CCP(=O)(OCc2ccccc2)OCc2ccccc2)NC(=O)OC(C)(C)C)c1. The number of alkyl carbamates (subject to hydrolysis) is 1. The van der Waals surface area contributed by atoms with E-state index in [1.54, 1.807) is 20.8 Å².